The largest absolute Gasteiger partial charge is 0.336 e. The molecule has 2 aromatic heterocycles. The number of hydrogen-bond donors (Lipinski definition) is 0. The number of amides is 1. The number of carbonyl (C=O) groups is 1. The number of nitrogens with zero attached hydrogens (tertiary/aromatic N) is 5. The SMILES string of the molecule is O=C(c1cnn2c(-c3ccc(Cl)c(Cl)c3)ccnc12)N1CCN(C/C=C/c2ccccc2)CC1. The fraction of sp³-hybridized carbons (Fsp3) is 0.192. The molecule has 172 valence electrons. The fourth-order valence-corrected chi connectivity index (χ4v) is 4.42. The van der Waals surface area contributed by atoms with Gasteiger partial charge in [-0.05, 0) is 23.8 Å². The van der Waals surface area contributed by atoms with Crippen molar-refractivity contribution in [1.82, 2.24) is 24.4 Å². The van der Waals surface area contributed by atoms with Gasteiger partial charge in [0.2, 0.25) is 0 Å². The van der Waals surface area contributed by atoms with Crippen molar-refractivity contribution >= 4 is 40.8 Å². The van der Waals surface area contributed by atoms with Crippen LogP contribution in [0.3, 0.4) is 0 Å². The van der Waals surface area contributed by atoms with Crippen molar-refractivity contribution in [1.29, 1.82) is 0 Å². The van der Waals surface area contributed by atoms with Crippen LogP contribution < -0.4 is 0 Å². The van der Waals surface area contributed by atoms with Gasteiger partial charge in [-0.15, -0.1) is 0 Å². The van der Waals surface area contributed by atoms with Crippen molar-refractivity contribution < 1.29 is 4.79 Å². The Bertz CT molecular complexity index is 1340. The second kappa shape index (κ2) is 9.97. The highest BCUT2D eigenvalue weighted by molar-refractivity contribution is 6.42. The topological polar surface area (TPSA) is 53.7 Å². The highest BCUT2D eigenvalue weighted by Crippen LogP contribution is 2.29. The lowest BCUT2D eigenvalue weighted by Gasteiger charge is -2.34. The van der Waals surface area contributed by atoms with E-state index in [1.807, 2.05) is 35.2 Å². The molecule has 0 unspecified atom stereocenters. The molecule has 0 spiro atoms. The van der Waals surface area contributed by atoms with Gasteiger partial charge in [-0.1, -0.05) is 71.8 Å². The molecule has 0 radical (unpaired) electrons. The zero-order valence-electron chi connectivity index (χ0n) is 18.4. The van der Waals surface area contributed by atoms with Crippen LogP contribution in [0.2, 0.25) is 10.0 Å². The molecule has 0 aliphatic carbocycles. The summed E-state index contributed by atoms with van der Waals surface area (Å²) in [5.74, 6) is -0.0479. The maximum atomic E-state index is 13.3. The maximum absolute atomic E-state index is 13.3. The summed E-state index contributed by atoms with van der Waals surface area (Å²) in [4.78, 5) is 22.0. The third kappa shape index (κ3) is 4.71. The average molecular weight is 492 g/mol. The lowest BCUT2D eigenvalue weighted by atomic mass is 10.1. The van der Waals surface area contributed by atoms with Crippen LogP contribution in [0.5, 0.6) is 0 Å². The van der Waals surface area contributed by atoms with E-state index in [0.29, 0.717) is 34.3 Å². The van der Waals surface area contributed by atoms with Crippen molar-refractivity contribution in [3.05, 3.63) is 94.2 Å². The Labute approximate surface area is 208 Å². The standard InChI is InChI=1S/C26H23Cl2N5O/c27-22-9-8-20(17-23(22)28)24-10-11-29-25-21(18-30-33(24)25)26(34)32-15-13-31(14-16-32)12-4-7-19-5-2-1-3-6-19/h1-11,17-18H,12-16H2/b7-4+. The molecule has 1 amide bonds. The van der Waals surface area contributed by atoms with E-state index in [2.05, 4.69) is 39.3 Å². The third-order valence-corrected chi connectivity index (χ3v) is 6.72. The molecule has 1 aliphatic heterocycles. The Morgan fingerprint density at radius 2 is 1.76 bits per heavy atom. The molecule has 2 aromatic carbocycles. The first kappa shape index (κ1) is 22.6. The van der Waals surface area contributed by atoms with Crippen molar-refractivity contribution in [3.8, 4) is 11.3 Å². The minimum absolute atomic E-state index is 0.0479. The summed E-state index contributed by atoms with van der Waals surface area (Å²) in [6.07, 6.45) is 7.59. The number of piperazine rings is 1. The number of hydrogen-bond acceptors (Lipinski definition) is 4. The molecule has 1 saturated heterocycles. The fourth-order valence-electron chi connectivity index (χ4n) is 4.12. The molecule has 1 aliphatic rings. The Balaban J connectivity index is 1.27. The highest BCUT2D eigenvalue weighted by Gasteiger charge is 2.25. The van der Waals surface area contributed by atoms with Crippen LogP contribution >= 0.6 is 23.2 Å². The predicted molar refractivity (Wildman–Crippen MR) is 136 cm³/mol. The summed E-state index contributed by atoms with van der Waals surface area (Å²) >= 11 is 12.3. The van der Waals surface area contributed by atoms with Gasteiger partial charge < -0.3 is 4.90 Å². The normalized spacial score (nSPS) is 14.8. The van der Waals surface area contributed by atoms with Crippen LogP contribution in [0.4, 0.5) is 0 Å². The van der Waals surface area contributed by atoms with Crippen LogP contribution in [-0.2, 0) is 0 Å². The first-order chi connectivity index (χ1) is 16.6. The quantitative estimate of drug-likeness (QED) is 0.386. The number of benzene rings is 2. The monoisotopic (exact) mass is 491 g/mol. The average Bonchev–Trinajstić information content (AvgIpc) is 3.31. The zero-order valence-corrected chi connectivity index (χ0v) is 20.0. The summed E-state index contributed by atoms with van der Waals surface area (Å²) in [7, 11) is 0. The van der Waals surface area contributed by atoms with E-state index in [0.717, 1.165) is 30.9 Å². The van der Waals surface area contributed by atoms with Gasteiger partial charge in [-0.3, -0.25) is 9.69 Å². The lowest BCUT2D eigenvalue weighted by molar-refractivity contribution is 0.0652. The number of aromatic nitrogens is 3. The highest BCUT2D eigenvalue weighted by atomic mass is 35.5. The Kier molecular flexibility index (Phi) is 6.63. The van der Waals surface area contributed by atoms with Crippen molar-refractivity contribution in [2.24, 2.45) is 0 Å². The third-order valence-electron chi connectivity index (χ3n) is 5.98. The summed E-state index contributed by atoms with van der Waals surface area (Å²) in [5, 5.41) is 5.41. The van der Waals surface area contributed by atoms with Crippen LogP contribution in [0.25, 0.3) is 23.0 Å². The molecule has 8 heteroatoms. The molecular formula is C26H23Cl2N5O. The molecule has 0 N–H and O–H groups in total. The van der Waals surface area contributed by atoms with Crippen molar-refractivity contribution in [2.45, 2.75) is 0 Å². The van der Waals surface area contributed by atoms with Gasteiger partial charge in [0.15, 0.2) is 5.65 Å². The van der Waals surface area contributed by atoms with Gasteiger partial charge in [-0.25, -0.2) is 9.50 Å². The van der Waals surface area contributed by atoms with Crippen LogP contribution in [0.1, 0.15) is 15.9 Å². The zero-order chi connectivity index (χ0) is 23.5. The van der Waals surface area contributed by atoms with Gasteiger partial charge in [0.05, 0.1) is 21.9 Å². The van der Waals surface area contributed by atoms with Crippen molar-refractivity contribution in [3.63, 3.8) is 0 Å². The van der Waals surface area contributed by atoms with Gasteiger partial charge in [0.25, 0.3) is 5.91 Å². The molecule has 1 fully saturated rings. The first-order valence-electron chi connectivity index (χ1n) is 11.1. The minimum atomic E-state index is -0.0479. The maximum Gasteiger partial charge on any atom is 0.259 e. The van der Waals surface area contributed by atoms with E-state index in [-0.39, 0.29) is 5.91 Å². The molecule has 0 saturated carbocycles. The van der Waals surface area contributed by atoms with E-state index >= 15 is 0 Å². The summed E-state index contributed by atoms with van der Waals surface area (Å²) < 4.78 is 1.68. The van der Waals surface area contributed by atoms with E-state index in [4.69, 9.17) is 23.2 Å². The molecule has 6 nitrogen and oxygen atoms in total. The molecule has 5 rings (SSSR count). The van der Waals surface area contributed by atoms with E-state index in [1.54, 1.807) is 29.0 Å². The minimum Gasteiger partial charge on any atom is -0.336 e. The Hall–Kier alpha value is -3.19. The Morgan fingerprint density at radius 1 is 0.971 bits per heavy atom. The van der Waals surface area contributed by atoms with Gasteiger partial charge in [0, 0.05) is 44.5 Å². The van der Waals surface area contributed by atoms with Crippen LogP contribution in [-0.4, -0.2) is 63.0 Å². The van der Waals surface area contributed by atoms with E-state index < -0.39 is 0 Å². The number of rotatable bonds is 5. The molecular weight excluding hydrogens is 469 g/mol. The van der Waals surface area contributed by atoms with E-state index in [1.165, 1.54) is 5.56 Å². The lowest BCUT2D eigenvalue weighted by Crippen LogP contribution is -2.48. The van der Waals surface area contributed by atoms with E-state index in [9.17, 15) is 4.79 Å². The number of carbonyl (C=O) groups excluding carboxylic acids is 1. The second-order valence-corrected chi connectivity index (χ2v) is 8.97. The smallest absolute Gasteiger partial charge is 0.259 e. The number of fused-ring (bicyclic) bond motifs is 1. The molecule has 4 aromatic rings. The molecule has 0 bridgehead atoms. The summed E-state index contributed by atoms with van der Waals surface area (Å²) in [6, 6.07) is 17.5. The van der Waals surface area contributed by atoms with Gasteiger partial charge >= 0.3 is 0 Å². The number of halogens is 2. The molecule has 0 atom stereocenters. The van der Waals surface area contributed by atoms with Gasteiger partial charge in [-0.2, -0.15) is 5.10 Å². The second-order valence-electron chi connectivity index (χ2n) is 8.16. The first-order valence-corrected chi connectivity index (χ1v) is 11.9. The van der Waals surface area contributed by atoms with Gasteiger partial charge in [0.1, 0.15) is 5.56 Å². The van der Waals surface area contributed by atoms with Crippen molar-refractivity contribution in [2.75, 3.05) is 32.7 Å². The predicted octanol–water partition coefficient (Wildman–Crippen LogP) is 5.17. The molecule has 3 heterocycles. The molecule has 34 heavy (non-hydrogen) atoms. The van der Waals surface area contributed by atoms with Crippen LogP contribution in [0.15, 0.2) is 73.1 Å². The van der Waals surface area contributed by atoms with Crippen LogP contribution in [0, 0.1) is 0 Å². The summed E-state index contributed by atoms with van der Waals surface area (Å²) in [6.45, 7) is 3.85. The Morgan fingerprint density at radius 3 is 2.53 bits per heavy atom. The summed E-state index contributed by atoms with van der Waals surface area (Å²) in [5.41, 5.74) is 3.86.